The first-order chi connectivity index (χ1) is 16.8. The molecule has 0 fully saturated rings. The molecule has 3 aromatic rings. The molecule has 4 heteroatoms. The number of para-hydroxylation sites is 2. The van der Waals surface area contributed by atoms with Crippen LogP contribution in [0.5, 0.6) is 0 Å². The first kappa shape index (κ1) is 26.0. The van der Waals surface area contributed by atoms with E-state index in [1.165, 1.54) is 68.9 Å². The number of aromatic nitrogens is 2. The van der Waals surface area contributed by atoms with Crippen molar-refractivity contribution in [3.05, 3.63) is 66.0 Å². The van der Waals surface area contributed by atoms with Gasteiger partial charge in [0, 0.05) is 25.9 Å². The van der Waals surface area contributed by atoms with Gasteiger partial charge in [-0.1, -0.05) is 101 Å². The smallest absolute Gasteiger partial charge is 0.220 e. The van der Waals surface area contributed by atoms with Crippen LogP contribution in [-0.2, 0) is 24.2 Å². The number of fused-ring (bicyclic) bond motifs is 1. The van der Waals surface area contributed by atoms with Crippen LogP contribution in [0.3, 0.4) is 0 Å². The van der Waals surface area contributed by atoms with Crippen molar-refractivity contribution in [2.45, 2.75) is 96.9 Å². The number of hydrogen-bond donors (Lipinski definition) is 1. The zero-order chi connectivity index (χ0) is 23.8. The second-order valence-corrected chi connectivity index (χ2v) is 9.44. The molecule has 4 nitrogen and oxygen atoms in total. The number of rotatable bonds is 17. The predicted molar refractivity (Wildman–Crippen MR) is 143 cm³/mol. The van der Waals surface area contributed by atoms with E-state index >= 15 is 0 Å². The van der Waals surface area contributed by atoms with Gasteiger partial charge in [-0.15, -0.1) is 0 Å². The molecule has 34 heavy (non-hydrogen) atoms. The topological polar surface area (TPSA) is 46.9 Å². The number of hydrogen-bond acceptors (Lipinski definition) is 2. The van der Waals surface area contributed by atoms with Crippen molar-refractivity contribution in [2.75, 3.05) is 6.54 Å². The predicted octanol–water partition coefficient (Wildman–Crippen LogP) is 7.25. The average molecular weight is 462 g/mol. The number of aryl methyl sites for hydroxylation is 3. The second-order valence-electron chi connectivity index (χ2n) is 9.44. The number of carbonyl (C=O) groups excluding carboxylic acids is 1. The molecule has 184 valence electrons. The molecule has 0 aliphatic rings. The minimum Gasteiger partial charge on any atom is -0.356 e. The van der Waals surface area contributed by atoms with Crippen molar-refractivity contribution in [1.82, 2.24) is 14.9 Å². The Hall–Kier alpha value is -2.62. The summed E-state index contributed by atoms with van der Waals surface area (Å²) < 4.78 is 2.41. The number of benzene rings is 2. The molecule has 1 heterocycles. The Labute approximate surface area is 206 Å². The zero-order valence-electron chi connectivity index (χ0n) is 21.1. The number of amides is 1. The molecule has 2 aromatic carbocycles. The normalized spacial score (nSPS) is 11.2. The van der Waals surface area contributed by atoms with Gasteiger partial charge in [0.1, 0.15) is 5.82 Å². The van der Waals surface area contributed by atoms with Crippen LogP contribution in [-0.4, -0.2) is 22.0 Å². The van der Waals surface area contributed by atoms with Crippen LogP contribution in [0.25, 0.3) is 11.0 Å². The van der Waals surface area contributed by atoms with Gasteiger partial charge < -0.3 is 9.88 Å². The van der Waals surface area contributed by atoms with Crippen LogP contribution in [0.15, 0.2) is 54.6 Å². The SMILES string of the molecule is CCCCCCCCCCCn1c(CCCNC(=O)CCc2ccccc2)nc2ccccc21. The molecule has 0 spiro atoms. The summed E-state index contributed by atoms with van der Waals surface area (Å²) in [6, 6.07) is 18.7. The van der Waals surface area contributed by atoms with E-state index < -0.39 is 0 Å². The van der Waals surface area contributed by atoms with Gasteiger partial charge in [-0.2, -0.15) is 0 Å². The minimum atomic E-state index is 0.132. The summed E-state index contributed by atoms with van der Waals surface area (Å²) in [5.74, 6) is 1.28. The third-order valence-electron chi connectivity index (χ3n) is 6.60. The molecule has 0 radical (unpaired) electrons. The average Bonchev–Trinajstić information content (AvgIpc) is 3.22. The van der Waals surface area contributed by atoms with E-state index in [4.69, 9.17) is 4.98 Å². The lowest BCUT2D eigenvalue weighted by atomic mass is 10.1. The maximum Gasteiger partial charge on any atom is 0.220 e. The number of carbonyl (C=O) groups is 1. The van der Waals surface area contributed by atoms with Gasteiger partial charge in [-0.05, 0) is 37.0 Å². The fourth-order valence-corrected chi connectivity index (χ4v) is 4.61. The van der Waals surface area contributed by atoms with E-state index in [9.17, 15) is 4.79 Å². The maximum absolute atomic E-state index is 12.2. The summed E-state index contributed by atoms with van der Waals surface area (Å²) in [4.78, 5) is 17.1. The third-order valence-corrected chi connectivity index (χ3v) is 6.60. The molecule has 0 saturated carbocycles. The Kier molecular flexibility index (Phi) is 11.7. The van der Waals surface area contributed by atoms with E-state index in [2.05, 4.69) is 53.2 Å². The molecule has 1 amide bonds. The van der Waals surface area contributed by atoms with Gasteiger partial charge in [-0.3, -0.25) is 4.79 Å². The lowest BCUT2D eigenvalue weighted by Crippen LogP contribution is -2.25. The van der Waals surface area contributed by atoms with Crippen molar-refractivity contribution in [2.24, 2.45) is 0 Å². The van der Waals surface area contributed by atoms with Gasteiger partial charge in [0.15, 0.2) is 0 Å². The summed E-state index contributed by atoms with van der Waals surface area (Å²) >= 11 is 0. The molecule has 0 saturated heterocycles. The van der Waals surface area contributed by atoms with Crippen LogP contribution in [0.1, 0.15) is 88.9 Å². The highest BCUT2D eigenvalue weighted by atomic mass is 16.1. The van der Waals surface area contributed by atoms with Crippen LogP contribution in [0, 0.1) is 0 Å². The van der Waals surface area contributed by atoms with Crippen LogP contribution >= 0.6 is 0 Å². The van der Waals surface area contributed by atoms with Crippen molar-refractivity contribution in [1.29, 1.82) is 0 Å². The number of nitrogens with one attached hydrogen (secondary N) is 1. The zero-order valence-corrected chi connectivity index (χ0v) is 21.1. The second kappa shape index (κ2) is 15.3. The number of nitrogens with zero attached hydrogens (tertiary/aromatic N) is 2. The maximum atomic E-state index is 12.2. The quantitative estimate of drug-likeness (QED) is 0.215. The van der Waals surface area contributed by atoms with Crippen LogP contribution in [0.4, 0.5) is 0 Å². The van der Waals surface area contributed by atoms with Gasteiger partial charge >= 0.3 is 0 Å². The molecular formula is C30H43N3O. The Bertz CT molecular complexity index is 964. The summed E-state index contributed by atoms with van der Waals surface area (Å²) in [6.07, 6.45) is 15.2. The molecule has 0 aliphatic heterocycles. The van der Waals surface area contributed by atoms with Gasteiger partial charge in [0.2, 0.25) is 5.91 Å². The molecule has 1 N–H and O–H groups in total. The standard InChI is InChI=1S/C30H43N3O/c1-2-3-4-5-6-7-8-9-15-25-33-28-20-14-13-19-27(28)32-29(33)21-16-24-31-30(34)23-22-26-17-11-10-12-18-26/h10-14,17-20H,2-9,15-16,21-25H2,1H3,(H,31,34). The largest absolute Gasteiger partial charge is 0.356 e. The monoisotopic (exact) mass is 461 g/mol. The Morgan fingerprint density at radius 1 is 0.794 bits per heavy atom. The molecule has 0 bridgehead atoms. The highest BCUT2D eigenvalue weighted by Crippen LogP contribution is 2.19. The van der Waals surface area contributed by atoms with Gasteiger partial charge in [-0.25, -0.2) is 4.98 Å². The van der Waals surface area contributed by atoms with Crippen molar-refractivity contribution < 1.29 is 4.79 Å². The van der Waals surface area contributed by atoms with E-state index in [0.717, 1.165) is 37.1 Å². The highest BCUT2D eigenvalue weighted by Gasteiger charge is 2.10. The van der Waals surface area contributed by atoms with Crippen molar-refractivity contribution in [3.8, 4) is 0 Å². The van der Waals surface area contributed by atoms with E-state index in [1.54, 1.807) is 0 Å². The van der Waals surface area contributed by atoms with Crippen LogP contribution < -0.4 is 5.32 Å². The molecule has 0 unspecified atom stereocenters. The van der Waals surface area contributed by atoms with Crippen molar-refractivity contribution in [3.63, 3.8) is 0 Å². The summed E-state index contributed by atoms with van der Waals surface area (Å²) in [5, 5.41) is 3.08. The van der Waals surface area contributed by atoms with Crippen molar-refractivity contribution >= 4 is 16.9 Å². The molecule has 1 aromatic heterocycles. The van der Waals surface area contributed by atoms with Crippen LogP contribution in [0.2, 0.25) is 0 Å². The Balaban J connectivity index is 1.39. The molecule has 0 atom stereocenters. The number of imidazole rings is 1. The fraction of sp³-hybridized carbons (Fsp3) is 0.533. The third kappa shape index (κ3) is 8.96. The Morgan fingerprint density at radius 2 is 1.47 bits per heavy atom. The van der Waals surface area contributed by atoms with E-state index in [1.807, 2.05) is 18.2 Å². The van der Waals surface area contributed by atoms with Gasteiger partial charge in [0.05, 0.1) is 11.0 Å². The van der Waals surface area contributed by atoms with E-state index in [0.29, 0.717) is 13.0 Å². The van der Waals surface area contributed by atoms with E-state index in [-0.39, 0.29) is 5.91 Å². The first-order valence-electron chi connectivity index (χ1n) is 13.5. The summed E-state index contributed by atoms with van der Waals surface area (Å²) in [7, 11) is 0. The summed E-state index contributed by atoms with van der Waals surface area (Å²) in [6.45, 7) is 4.02. The number of unbranched alkanes of at least 4 members (excludes halogenated alkanes) is 8. The highest BCUT2D eigenvalue weighted by molar-refractivity contribution is 5.76. The molecule has 3 rings (SSSR count). The fourth-order valence-electron chi connectivity index (χ4n) is 4.61. The lowest BCUT2D eigenvalue weighted by Gasteiger charge is -2.10. The minimum absolute atomic E-state index is 0.132. The first-order valence-corrected chi connectivity index (χ1v) is 13.5. The van der Waals surface area contributed by atoms with Gasteiger partial charge in [0.25, 0.3) is 0 Å². The molecule has 0 aliphatic carbocycles. The Morgan fingerprint density at radius 3 is 2.24 bits per heavy atom. The lowest BCUT2D eigenvalue weighted by molar-refractivity contribution is -0.121. The summed E-state index contributed by atoms with van der Waals surface area (Å²) in [5.41, 5.74) is 3.53. The molecular weight excluding hydrogens is 418 g/mol.